The van der Waals surface area contributed by atoms with Crippen LogP contribution in [0.5, 0.6) is 0 Å². The lowest BCUT2D eigenvalue weighted by atomic mass is 9.98. The lowest BCUT2D eigenvalue weighted by molar-refractivity contribution is 1.13. The second-order valence-electron chi connectivity index (χ2n) is 14.5. The SMILES string of the molecule is c1ccc(-c2cccc(N(c3ccccc3)c3cc(-c4ccc5c6ccccc6n(-c6ccccc6)c5c4)cc4c5ccccc5n(-c5cccnc5)c34)c2)cc1. The van der Waals surface area contributed by atoms with Gasteiger partial charge >= 0.3 is 0 Å². The number of nitrogens with zero attached hydrogens (tertiary/aromatic N) is 4. The second kappa shape index (κ2) is 13.6. The summed E-state index contributed by atoms with van der Waals surface area (Å²) in [5.41, 5.74) is 14.6. The van der Waals surface area contributed by atoms with Gasteiger partial charge in [-0.05, 0) is 101 Å². The Labute approximate surface area is 330 Å². The summed E-state index contributed by atoms with van der Waals surface area (Å²) in [5, 5.41) is 4.83. The topological polar surface area (TPSA) is 26.0 Å². The average Bonchev–Trinajstić information content (AvgIpc) is 3.80. The molecule has 0 fully saturated rings. The van der Waals surface area contributed by atoms with E-state index in [4.69, 9.17) is 0 Å². The molecular weight excluding hydrogens is 693 g/mol. The van der Waals surface area contributed by atoms with E-state index >= 15 is 0 Å². The van der Waals surface area contributed by atoms with Gasteiger partial charge in [0.15, 0.2) is 0 Å². The Hall–Kier alpha value is -7.69. The van der Waals surface area contributed by atoms with Gasteiger partial charge in [0.25, 0.3) is 0 Å². The van der Waals surface area contributed by atoms with Gasteiger partial charge in [0, 0.05) is 44.8 Å². The Kier molecular flexibility index (Phi) is 7.78. The molecule has 0 aliphatic heterocycles. The smallest absolute Gasteiger partial charge is 0.0783 e. The van der Waals surface area contributed by atoms with Crippen molar-refractivity contribution in [2.75, 3.05) is 4.90 Å². The van der Waals surface area contributed by atoms with Crippen molar-refractivity contribution >= 4 is 60.7 Å². The van der Waals surface area contributed by atoms with Gasteiger partial charge in [-0.1, -0.05) is 127 Å². The average molecular weight is 729 g/mol. The maximum Gasteiger partial charge on any atom is 0.0783 e. The van der Waals surface area contributed by atoms with Gasteiger partial charge in [0.1, 0.15) is 0 Å². The van der Waals surface area contributed by atoms with E-state index in [0.717, 1.165) is 56.2 Å². The first-order valence-corrected chi connectivity index (χ1v) is 19.4. The molecule has 0 bridgehead atoms. The number of fused-ring (bicyclic) bond motifs is 6. The first-order chi connectivity index (χ1) is 28.3. The largest absolute Gasteiger partial charge is 0.309 e. The zero-order chi connectivity index (χ0) is 37.7. The fourth-order valence-corrected chi connectivity index (χ4v) is 8.63. The van der Waals surface area contributed by atoms with Gasteiger partial charge in [-0.2, -0.15) is 0 Å². The lowest BCUT2D eigenvalue weighted by Gasteiger charge is -2.28. The summed E-state index contributed by atoms with van der Waals surface area (Å²) >= 11 is 0. The van der Waals surface area contributed by atoms with E-state index in [-0.39, 0.29) is 0 Å². The van der Waals surface area contributed by atoms with Crippen molar-refractivity contribution in [1.29, 1.82) is 0 Å². The number of hydrogen-bond acceptors (Lipinski definition) is 2. The molecule has 0 N–H and O–H groups in total. The highest BCUT2D eigenvalue weighted by Crippen LogP contribution is 2.47. The third-order valence-electron chi connectivity index (χ3n) is 11.1. The van der Waals surface area contributed by atoms with Crippen molar-refractivity contribution in [3.8, 4) is 33.6 Å². The molecule has 0 saturated carbocycles. The maximum absolute atomic E-state index is 4.60. The molecule has 0 unspecified atom stereocenters. The van der Waals surface area contributed by atoms with E-state index in [1.807, 2.05) is 18.5 Å². The van der Waals surface area contributed by atoms with Gasteiger partial charge in [-0.15, -0.1) is 0 Å². The van der Waals surface area contributed by atoms with Crippen LogP contribution in [-0.2, 0) is 0 Å². The Morgan fingerprint density at radius 3 is 1.70 bits per heavy atom. The van der Waals surface area contributed by atoms with Gasteiger partial charge in [-0.25, -0.2) is 0 Å². The fourth-order valence-electron chi connectivity index (χ4n) is 8.63. The monoisotopic (exact) mass is 728 g/mol. The van der Waals surface area contributed by atoms with Crippen LogP contribution < -0.4 is 4.90 Å². The molecule has 3 heterocycles. The number of aromatic nitrogens is 3. The zero-order valence-corrected chi connectivity index (χ0v) is 31.1. The van der Waals surface area contributed by atoms with Crippen LogP contribution in [0.4, 0.5) is 17.1 Å². The Morgan fingerprint density at radius 2 is 0.947 bits per heavy atom. The minimum Gasteiger partial charge on any atom is -0.309 e. The second-order valence-corrected chi connectivity index (χ2v) is 14.5. The van der Waals surface area contributed by atoms with Crippen LogP contribution in [0.15, 0.2) is 219 Å². The quantitative estimate of drug-likeness (QED) is 0.163. The minimum atomic E-state index is 1.01. The van der Waals surface area contributed by atoms with E-state index in [0.29, 0.717) is 0 Å². The molecule has 0 aliphatic rings. The van der Waals surface area contributed by atoms with Crippen molar-refractivity contribution in [3.63, 3.8) is 0 Å². The van der Waals surface area contributed by atoms with Crippen LogP contribution in [0, 0.1) is 0 Å². The van der Waals surface area contributed by atoms with Crippen molar-refractivity contribution in [2.45, 2.75) is 0 Å². The summed E-state index contributed by atoms with van der Waals surface area (Å²) in [6.07, 6.45) is 3.80. The molecule has 268 valence electrons. The predicted molar refractivity (Wildman–Crippen MR) is 238 cm³/mol. The van der Waals surface area contributed by atoms with Gasteiger partial charge in [0.05, 0.1) is 39.6 Å². The van der Waals surface area contributed by atoms with Crippen molar-refractivity contribution in [3.05, 3.63) is 219 Å². The van der Waals surface area contributed by atoms with Crippen molar-refractivity contribution < 1.29 is 0 Å². The summed E-state index contributed by atoms with van der Waals surface area (Å²) in [5.74, 6) is 0. The Balaban J connectivity index is 1.24. The molecule has 0 spiro atoms. The lowest BCUT2D eigenvalue weighted by Crippen LogP contribution is -2.12. The molecular formula is C53H36N4. The number of rotatable bonds is 7. The molecule has 11 aromatic rings. The van der Waals surface area contributed by atoms with Crippen molar-refractivity contribution in [1.82, 2.24) is 14.1 Å². The molecule has 57 heavy (non-hydrogen) atoms. The molecule has 4 nitrogen and oxygen atoms in total. The first kappa shape index (κ1) is 32.7. The molecule has 0 amide bonds. The molecule has 0 aliphatic carbocycles. The summed E-state index contributed by atoms with van der Waals surface area (Å²) in [6.45, 7) is 0. The van der Waals surface area contributed by atoms with Crippen LogP contribution >= 0.6 is 0 Å². The zero-order valence-electron chi connectivity index (χ0n) is 31.1. The Bertz CT molecular complexity index is 3220. The van der Waals surface area contributed by atoms with Crippen LogP contribution in [-0.4, -0.2) is 14.1 Å². The summed E-state index contributed by atoms with van der Waals surface area (Å²) in [4.78, 5) is 7.02. The van der Waals surface area contributed by atoms with E-state index < -0.39 is 0 Å². The normalized spacial score (nSPS) is 11.5. The number of benzene rings is 8. The first-order valence-electron chi connectivity index (χ1n) is 19.4. The highest BCUT2D eigenvalue weighted by atomic mass is 15.2. The van der Waals surface area contributed by atoms with E-state index in [2.05, 4.69) is 219 Å². The van der Waals surface area contributed by atoms with E-state index in [1.54, 1.807) is 0 Å². The number of anilines is 3. The molecule has 0 radical (unpaired) electrons. The minimum absolute atomic E-state index is 1.01. The van der Waals surface area contributed by atoms with Crippen LogP contribution in [0.25, 0.3) is 77.2 Å². The highest BCUT2D eigenvalue weighted by Gasteiger charge is 2.24. The summed E-state index contributed by atoms with van der Waals surface area (Å²) < 4.78 is 4.78. The predicted octanol–water partition coefficient (Wildman–Crippen LogP) is 14.1. The maximum atomic E-state index is 4.60. The molecule has 4 heteroatoms. The number of pyridine rings is 1. The van der Waals surface area contributed by atoms with Crippen LogP contribution in [0.1, 0.15) is 0 Å². The van der Waals surface area contributed by atoms with Gasteiger partial charge in [0.2, 0.25) is 0 Å². The fraction of sp³-hybridized carbons (Fsp3) is 0. The third-order valence-corrected chi connectivity index (χ3v) is 11.1. The molecule has 11 rings (SSSR count). The van der Waals surface area contributed by atoms with Gasteiger partial charge < -0.3 is 14.0 Å². The summed E-state index contributed by atoms with van der Waals surface area (Å²) in [6, 6.07) is 74.3. The molecule has 8 aromatic carbocycles. The Morgan fingerprint density at radius 1 is 0.351 bits per heavy atom. The van der Waals surface area contributed by atoms with Crippen LogP contribution in [0.2, 0.25) is 0 Å². The van der Waals surface area contributed by atoms with E-state index in [9.17, 15) is 0 Å². The number of para-hydroxylation sites is 4. The van der Waals surface area contributed by atoms with Crippen molar-refractivity contribution in [2.24, 2.45) is 0 Å². The van der Waals surface area contributed by atoms with Gasteiger partial charge in [-0.3, -0.25) is 4.98 Å². The molecule has 0 saturated heterocycles. The highest BCUT2D eigenvalue weighted by molar-refractivity contribution is 6.16. The third kappa shape index (κ3) is 5.50. The van der Waals surface area contributed by atoms with Crippen LogP contribution in [0.3, 0.4) is 0 Å². The molecule has 0 atom stereocenters. The summed E-state index contributed by atoms with van der Waals surface area (Å²) in [7, 11) is 0. The van der Waals surface area contributed by atoms with E-state index in [1.165, 1.54) is 38.1 Å². The molecule has 3 aromatic heterocycles. The standard InChI is InChI=1S/C53H36N4/c1-4-16-37(17-5-1)38-18-14-23-43(32-38)55(41-19-6-2-7-20-41)52-35-40(33-48-46-26-11-13-28-50(46)57(53(48)52)44-24-15-31-54-36-44)39-29-30-47-45-25-10-12-27-49(45)56(51(47)34-39)42-21-8-3-9-22-42/h1-36H. The number of hydrogen-bond donors (Lipinski definition) is 0.